The van der Waals surface area contributed by atoms with E-state index < -0.39 is 5.97 Å². The molecule has 2 aliphatic rings. The molecule has 166 valence electrons. The second-order valence-corrected chi connectivity index (χ2v) is 9.50. The minimum Gasteiger partial charge on any atom is -0.481 e. The number of hydrogen-bond donors (Lipinski definition) is 1. The van der Waals surface area contributed by atoms with Crippen molar-refractivity contribution >= 4 is 5.97 Å². The van der Waals surface area contributed by atoms with Gasteiger partial charge in [0.05, 0.1) is 12.6 Å². The molecular weight excluding hydrogens is 391 g/mol. The Morgan fingerprint density at radius 1 is 1.13 bits per heavy atom. The van der Waals surface area contributed by atoms with Crippen molar-refractivity contribution in [2.45, 2.75) is 57.3 Å². The van der Waals surface area contributed by atoms with Crippen LogP contribution in [0.15, 0.2) is 48.7 Å². The van der Waals surface area contributed by atoms with Gasteiger partial charge in [0.25, 0.3) is 0 Å². The van der Waals surface area contributed by atoms with E-state index in [1.165, 1.54) is 37.1 Å². The molecular formula is C26H33FN2O2. The highest BCUT2D eigenvalue weighted by molar-refractivity contribution is 5.66. The lowest BCUT2D eigenvalue weighted by Crippen LogP contribution is -2.41. The Labute approximate surface area is 184 Å². The first-order valence-corrected chi connectivity index (χ1v) is 11.6. The van der Waals surface area contributed by atoms with Crippen LogP contribution in [0.5, 0.6) is 0 Å². The standard InChI is InChI=1S/C26H33FN2O2/c27-22-6-7-23(28-19-22)9-12-26(13-16-29(17-14-26)15-10-25(30)31)11-8-21-18-24(21)20-4-2-1-3-5-20/h1-7,19,21,24H,8-18H2,(H,30,31)/t21-,24?/m1/s1. The number of carboxylic acid groups (broad SMARTS) is 1. The molecule has 2 fully saturated rings. The van der Waals surface area contributed by atoms with Gasteiger partial charge in [-0.25, -0.2) is 4.39 Å². The minimum absolute atomic E-state index is 0.216. The molecule has 5 heteroatoms. The predicted molar refractivity (Wildman–Crippen MR) is 119 cm³/mol. The molecule has 2 atom stereocenters. The van der Waals surface area contributed by atoms with E-state index in [1.54, 1.807) is 6.07 Å². The summed E-state index contributed by atoms with van der Waals surface area (Å²) in [7, 11) is 0. The number of aryl methyl sites for hydroxylation is 1. The fourth-order valence-electron chi connectivity index (χ4n) is 5.24. The van der Waals surface area contributed by atoms with Crippen LogP contribution in [-0.2, 0) is 11.2 Å². The number of hydrogen-bond acceptors (Lipinski definition) is 3. The van der Waals surface area contributed by atoms with E-state index in [2.05, 4.69) is 40.2 Å². The second-order valence-electron chi connectivity index (χ2n) is 9.50. The number of pyridine rings is 1. The number of nitrogens with zero attached hydrogens (tertiary/aromatic N) is 2. The average Bonchev–Trinajstić information content (AvgIpc) is 3.57. The topological polar surface area (TPSA) is 53.4 Å². The molecule has 2 heterocycles. The zero-order valence-electron chi connectivity index (χ0n) is 18.2. The largest absolute Gasteiger partial charge is 0.481 e. The summed E-state index contributed by atoms with van der Waals surface area (Å²) in [6.07, 6.45) is 9.46. The first kappa shape index (κ1) is 21.9. The molecule has 0 radical (unpaired) electrons. The molecule has 1 N–H and O–H groups in total. The van der Waals surface area contributed by atoms with Gasteiger partial charge in [0.2, 0.25) is 0 Å². The highest BCUT2D eigenvalue weighted by Gasteiger charge is 2.41. The van der Waals surface area contributed by atoms with Gasteiger partial charge < -0.3 is 10.0 Å². The van der Waals surface area contributed by atoms with Crippen LogP contribution in [-0.4, -0.2) is 40.6 Å². The van der Waals surface area contributed by atoms with Crippen LogP contribution in [0, 0.1) is 17.2 Å². The van der Waals surface area contributed by atoms with Crippen molar-refractivity contribution in [2.75, 3.05) is 19.6 Å². The van der Waals surface area contributed by atoms with Crippen LogP contribution >= 0.6 is 0 Å². The van der Waals surface area contributed by atoms with Gasteiger partial charge in [-0.15, -0.1) is 0 Å². The molecule has 31 heavy (non-hydrogen) atoms. The third-order valence-electron chi connectivity index (χ3n) is 7.45. The van der Waals surface area contributed by atoms with Crippen molar-refractivity contribution in [1.29, 1.82) is 0 Å². The lowest BCUT2D eigenvalue weighted by Gasteiger charge is -2.42. The van der Waals surface area contributed by atoms with E-state index in [1.807, 2.05) is 0 Å². The van der Waals surface area contributed by atoms with E-state index >= 15 is 0 Å². The van der Waals surface area contributed by atoms with Gasteiger partial charge in [0.1, 0.15) is 5.82 Å². The van der Waals surface area contributed by atoms with Crippen LogP contribution in [0.3, 0.4) is 0 Å². The zero-order chi connectivity index (χ0) is 21.7. The molecule has 1 aliphatic carbocycles. The number of rotatable bonds is 10. The number of carboxylic acids is 1. The number of benzene rings is 1. The van der Waals surface area contributed by atoms with Gasteiger partial charge in [-0.2, -0.15) is 0 Å². The lowest BCUT2D eigenvalue weighted by atomic mass is 9.71. The van der Waals surface area contributed by atoms with Crippen molar-refractivity contribution in [3.8, 4) is 0 Å². The number of aromatic nitrogens is 1. The molecule has 1 saturated heterocycles. The van der Waals surface area contributed by atoms with E-state index in [0.29, 0.717) is 12.5 Å². The average molecular weight is 425 g/mol. The summed E-state index contributed by atoms with van der Waals surface area (Å²) in [6, 6.07) is 14.2. The van der Waals surface area contributed by atoms with Crippen LogP contribution in [0.4, 0.5) is 4.39 Å². The number of carbonyl (C=O) groups is 1. The maximum atomic E-state index is 13.2. The fourth-order valence-corrected chi connectivity index (χ4v) is 5.24. The maximum absolute atomic E-state index is 13.2. The van der Waals surface area contributed by atoms with E-state index in [-0.39, 0.29) is 17.7 Å². The molecule has 0 amide bonds. The Hall–Kier alpha value is -2.27. The van der Waals surface area contributed by atoms with Gasteiger partial charge in [0.15, 0.2) is 0 Å². The zero-order valence-corrected chi connectivity index (χ0v) is 18.2. The molecule has 1 aromatic heterocycles. The van der Waals surface area contributed by atoms with Gasteiger partial charge >= 0.3 is 5.97 Å². The first-order valence-electron chi connectivity index (χ1n) is 11.6. The quantitative estimate of drug-likeness (QED) is 0.563. The normalized spacial score (nSPS) is 22.9. The molecule has 2 aromatic rings. The van der Waals surface area contributed by atoms with Crippen LogP contribution in [0.25, 0.3) is 0 Å². The summed E-state index contributed by atoms with van der Waals surface area (Å²) in [5.41, 5.74) is 2.71. The Morgan fingerprint density at radius 3 is 2.58 bits per heavy atom. The minimum atomic E-state index is -0.722. The van der Waals surface area contributed by atoms with E-state index in [4.69, 9.17) is 5.11 Å². The van der Waals surface area contributed by atoms with Gasteiger partial charge in [0, 0.05) is 12.2 Å². The molecule has 4 nitrogen and oxygen atoms in total. The van der Waals surface area contributed by atoms with Crippen molar-refractivity contribution < 1.29 is 14.3 Å². The lowest BCUT2D eigenvalue weighted by molar-refractivity contribution is -0.137. The third kappa shape index (κ3) is 6.13. The van der Waals surface area contributed by atoms with Crippen LogP contribution in [0.2, 0.25) is 0 Å². The Morgan fingerprint density at radius 2 is 1.90 bits per heavy atom. The Bertz CT molecular complexity index is 847. The summed E-state index contributed by atoms with van der Waals surface area (Å²) in [5.74, 6) is 0.492. The van der Waals surface area contributed by atoms with Gasteiger partial charge in [-0.1, -0.05) is 30.3 Å². The smallest absolute Gasteiger partial charge is 0.304 e. The molecule has 0 bridgehead atoms. The Balaban J connectivity index is 1.34. The van der Waals surface area contributed by atoms with Crippen molar-refractivity contribution in [1.82, 2.24) is 9.88 Å². The maximum Gasteiger partial charge on any atom is 0.304 e. The predicted octanol–water partition coefficient (Wildman–Crippen LogP) is 5.29. The molecule has 0 spiro atoms. The van der Waals surface area contributed by atoms with Crippen molar-refractivity contribution in [2.24, 2.45) is 11.3 Å². The molecule has 1 unspecified atom stereocenters. The summed E-state index contributed by atoms with van der Waals surface area (Å²) in [6.45, 7) is 2.58. The van der Waals surface area contributed by atoms with Crippen molar-refractivity contribution in [3.05, 3.63) is 65.7 Å². The summed E-state index contributed by atoms with van der Waals surface area (Å²) in [4.78, 5) is 17.5. The summed E-state index contributed by atoms with van der Waals surface area (Å²) < 4.78 is 13.2. The molecule has 1 aliphatic heterocycles. The van der Waals surface area contributed by atoms with Crippen molar-refractivity contribution in [3.63, 3.8) is 0 Å². The monoisotopic (exact) mass is 424 g/mol. The highest BCUT2D eigenvalue weighted by atomic mass is 19.1. The number of piperidine rings is 1. The third-order valence-corrected chi connectivity index (χ3v) is 7.45. The molecule has 4 rings (SSSR count). The van der Waals surface area contributed by atoms with Crippen LogP contribution in [0.1, 0.15) is 62.1 Å². The number of halogens is 1. The number of aliphatic carboxylic acids is 1. The molecule has 1 saturated carbocycles. The van der Waals surface area contributed by atoms with Crippen LogP contribution < -0.4 is 0 Å². The van der Waals surface area contributed by atoms with E-state index in [9.17, 15) is 9.18 Å². The fraction of sp³-hybridized carbons (Fsp3) is 0.538. The highest BCUT2D eigenvalue weighted by Crippen LogP contribution is 2.53. The number of likely N-dealkylation sites (tertiary alicyclic amines) is 1. The Kier molecular flexibility index (Phi) is 7.01. The summed E-state index contributed by atoms with van der Waals surface area (Å²) in [5, 5.41) is 8.99. The molecule has 1 aromatic carbocycles. The SMILES string of the molecule is O=C(O)CCN1CCC(CCc2ccc(F)cn2)(CC[C@@H]2CC2c2ccccc2)CC1. The van der Waals surface area contributed by atoms with Gasteiger partial charge in [-0.05, 0) is 93.0 Å². The first-order chi connectivity index (χ1) is 15.0. The van der Waals surface area contributed by atoms with E-state index in [0.717, 1.165) is 50.4 Å². The second kappa shape index (κ2) is 9.90. The van der Waals surface area contributed by atoms with Gasteiger partial charge in [-0.3, -0.25) is 9.78 Å². The summed E-state index contributed by atoms with van der Waals surface area (Å²) >= 11 is 0.